The van der Waals surface area contributed by atoms with Crippen LogP contribution in [0.3, 0.4) is 0 Å². The molecular weight excluding hydrogens is 925 g/mol. The van der Waals surface area contributed by atoms with Crippen molar-refractivity contribution in [3.8, 4) is 113 Å². The predicted octanol–water partition coefficient (Wildman–Crippen LogP) is 13.4. The molecule has 75 heavy (non-hydrogen) atoms. The lowest BCUT2D eigenvalue weighted by atomic mass is 9.72. The maximum Gasteiger partial charge on any atom is 0.163 e. The molecule has 0 N–H and O–H groups in total. The molecule has 0 aliphatic carbocycles. The van der Waals surface area contributed by atoms with Gasteiger partial charge < -0.3 is 0 Å². The van der Waals surface area contributed by atoms with E-state index in [2.05, 4.69) is 107 Å². The van der Waals surface area contributed by atoms with E-state index in [-0.39, 0.29) is 0 Å². The van der Waals surface area contributed by atoms with Crippen molar-refractivity contribution in [3.05, 3.63) is 243 Å². The standard InChI is InChI=1S/C63H44N12/c1-63(2,53-29-17-15-27-51(53)45-31-47(59-68-37-64-55(72-59)41-19-7-3-8-20-41)35-48(32-45)60-69-38-65-56(73-60)42-21-9-4-10-22-42)54-30-18-16-28-52(54)46-33-49(61-70-39-66-57(74-61)43-23-11-5-12-24-43)36-50(34-46)62-71-40-67-58(75-62)44-25-13-6-14-26-44/h3-40H,1-2H3. The Bertz CT molecular complexity index is 3530. The molecule has 0 fully saturated rings. The smallest absolute Gasteiger partial charge is 0.163 e. The van der Waals surface area contributed by atoms with Crippen molar-refractivity contribution in [2.75, 3.05) is 0 Å². The highest BCUT2D eigenvalue weighted by Crippen LogP contribution is 2.44. The van der Waals surface area contributed by atoms with Gasteiger partial charge in [-0.05, 0) is 69.8 Å². The van der Waals surface area contributed by atoms with Crippen LogP contribution in [0.2, 0.25) is 0 Å². The molecule has 0 unspecified atom stereocenters. The van der Waals surface area contributed by atoms with E-state index >= 15 is 0 Å². The number of hydrogen-bond acceptors (Lipinski definition) is 12. The molecule has 0 atom stereocenters. The molecule has 0 spiro atoms. The van der Waals surface area contributed by atoms with E-state index in [9.17, 15) is 0 Å². The van der Waals surface area contributed by atoms with Crippen LogP contribution in [0.5, 0.6) is 0 Å². The summed E-state index contributed by atoms with van der Waals surface area (Å²) in [6, 6.07) is 69.4. The SMILES string of the molecule is CC(C)(c1ccccc1-c1cc(-c2ncnc(-c3ccccc3)n2)cc(-c2ncnc(-c3ccccc3)n2)c1)c1ccccc1-c1cc(-c2ncnc(-c3ccccc3)n2)cc(-c2ncnc(-c3ccccc3)n2)c1. The van der Waals surface area contributed by atoms with Crippen LogP contribution in [-0.2, 0) is 5.41 Å². The van der Waals surface area contributed by atoms with E-state index in [1.807, 2.05) is 133 Å². The van der Waals surface area contributed by atoms with Crippen molar-refractivity contribution in [1.82, 2.24) is 59.8 Å². The van der Waals surface area contributed by atoms with Crippen LogP contribution in [0.25, 0.3) is 113 Å². The van der Waals surface area contributed by atoms with Gasteiger partial charge in [0.25, 0.3) is 0 Å². The summed E-state index contributed by atoms with van der Waals surface area (Å²) in [4.78, 5) is 57.2. The minimum atomic E-state index is -0.595. The minimum absolute atomic E-state index is 0.519. The summed E-state index contributed by atoms with van der Waals surface area (Å²) in [5.74, 6) is 4.37. The number of hydrogen-bond donors (Lipinski definition) is 0. The highest BCUT2D eigenvalue weighted by atomic mass is 15.0. The summed E-state index contributed by atoms with van der Waals surface area (Å²) >= 11 is 0. The average Bonchev–Trinajstić information content (AvgIpc) is 3.50. The monoisotopic (exact) mass is 968 g/mol. The van der Waals surface area contributed by atoms with Crippen molar-refractivity contribution in [3.63, 3.8) is 0 Å². The van der Waals surface area contributed by atoms with Crippen molar-refractivity contribution in [2.24, 2.45) is 0 Å². The molecule has 12 nitrogen and oxygen atoms in total. The topological polar surface area (TPSA) is 155 Å². The van der Waals surface area contributed by atoms with Gasteiger partial charge in [0.2, 0.25) is 0 Å². The summed E-state index contributed by atoms with van der Waals surface area (Å²) in [6.45, 7) is 4.54. The van der Waals surface area contributed by atoms with Crippen molar-refractivity contribution < 1.29 is 0 Å². The van der Waals surface area contributed by atoms with Gasteiger partial charge in [-0.3, -0.25) is 0 Å². The summed E-state index contributed by atoms with van der Waals surface area (Å²) in [7, 11) is 0. The zero-order chi connectivity index (χ0) is 50.6. The lowest BCUT2D eigenvalue weighted by molar-refractivity contribution is 0.644. The quantitative estimate of drug-likeness (QED) is 0.114. The van der Waals surface area contributed by atoms with E-state index in [4.69, 9.17) is 39.9 Å². The van der Waals surface area contributed by atoms with E-state index < -0.39 is 5.41 Å². The lowest BCUT2D eigenvalue weighted by Crippen LogP contribution is -2.21. The van der Waals surface area contributed by atoms with Gasteiger partial charge in [0.05, 0.1) is 0 Å². The van der Waals surface area contributed by atoms with Crippen molar-refractivity contribution in [2.45, 2.75) is 19.3 Å². The molecule has 0 saturated carbocycles. The Labute approximate surface area is 433 Å². The summed E-state index contributed by atoms with van der Waals surface area (Å²) in [5.41, 5.74) is 12.2. The third-order valence-corrected chi connectivity index (χ3v) is 13.1. The van der Waals surface area contributed by atoms with Crippen LogP contribution < -0.4 is 0 Å². The molecule has 0 aliphatic rings. The zero-order valence-electron chi connectivity index (χ0n) is 40.8. The minimum Gasteiger partial charge on any atom is -0.217 e. The maximum absolute atomic E-state index is 5.01. The molecule has 12 heteroatoms. The van der Waals surface area contributed by atoms with Gasteiger partial charge in [0.1, 0.15) is 25.3 Å². The first-order valence-corrected chi connectivity index (χ1v) is 24.4. The van der Waals surface area contributed by atoms with E-state index in [0.717, 1.165) is 77.9 Å². The fraction of sp³-hybridized carbons (Fsp3) is 0.0476. The van der Waals surface area contributed by atoms with Gasteiger partial charge >= 0.3 is 0 Å². The molecule has 12 rings (SSSR count). The van der Waals surface area contributed by atoms with E-state index in [1.54, 1.807) is 25.3 Å². The second-order valence-corrected chi connectivity index (χ2v) is 18.3. The summed E-state index contributed by atoms with van der Waals surface area (Å²) < 4.78 is 0. The van der Waals surface area contributed by atoms with Crippen molar-refractivity contribution >= 4 is 0 Å². The molecule has 0 saturated heterocycles. The highest BCUT2D eigenvalue weighted by molar-refractivity contribution is 5.84. The molecule has 0 bridgehead atoms. The average molecular weight is 969 g/mol. The first kappa shape index (κ1) is 45.9. The van der Waals surface area contributed by atoms with Gasteiger partial charge in [-0.1, -0.05) is 184 Å². The third kappa shape index (κ3) is 9.54. The fourth-order valence-electron chi connectivity index (χ4n) is 9.43. The normalized spacial score (nSPS) is 11.3. The Hall–Kier alpha value is -10.2. The molecule has 4 aromatic heterocycles. The number of benzene rings is 8. The zero-order valence-corrected chi connectivity index (χ0v) is 40.8. The second kappa shape index (κ2) is 20.1. The third-order valence-electron chi connectivity index (χ3n) is 13.1. The molecule has 0 amide bonds. The van der Waals surface area contributed by atoms with Gasteiger partial charge in [-0.2, -0.15) is 0 Å². The Morgan fingerprint density at radius 2 is 0.440 bits per heavy atom. The summed E-state index contributed by atoms with van der Waals surface area (Å²) in [5, 5.41) is 0. The van der Waals surface area contributed by atoms with E-state index in [0.29, 0.717) is 46.6 Å². The number of nitrogens with zero attached hydrogens (tertiary/aromatic N) is 12. The van der Waals surface area contributed by atoms with E-state index in [1.165, 1.54) is 0 Å². The predicted molar refractivity (Wildman–Crippen MR) is 293 cm³/mol. The van der Waals surface area contributed by atoms with Crippen LogP contribution in [0.15, 0.2) is 232 Å². The molecule has 8 aromatic carbocycles. The summed E-state index contributed by atoms with van der Waals surface area (Å²) in [6.07, 6.45) is 6.25. The lowest BCUT2D eigenvalue weighted by Gasteiger charge is -2.31. The largest absolute Gasteiger partial charge is 0.217 e. The van der Waals surface area contributed by atoms with Crippen LogP contribution in [0.4, 0.5) is 0 Å². The molecule has 0 radical (unpaired) electrons. The van der Waals surface area contributed by atoms with Gasteiger partial charge in [0, 0.05) is 49.9 Å². The molecular formula is C63H44N12. The van der Waals surface area contributed by atoms with Gasteiger partial charge in [-0.15, -0.1) is 0 Å². The van der Waals surface area contributed by atoms with Gasteiger partial charge in [0.15, 0.2) is 46.6 Å². The number of aromatic nitrogens is 12. The van der Waals surface area contributed by atoms with Crippen molar-refractivity contribution in [1.29, 1.82) is 0 Å². The number of rotatable bonds is 12. The Kier molecular flexibility index (Phi) is 12.3. The Morgan fingerprint density at radius 1 is 0.227 bits per heavy atom. The van der Waals surface area contributed by atoms with Crippen LogP contribution in [0.1, 0.15) is 25.0 Å². The highest BCUT2D eigenvalue weighted by Gasteiger charge is 2.30. The Morgan fingerprint density at radius 3 is 0.707 bits per heavy atom. The van der Waals surface area contributed by atoms with Crippen LogP contribution in [0, 0.1) is 0 Å². The Balaban J connectivity index is 1.01. The first-order chi connectivity index (χ1) is 36.9. The van der Waals surface area contributed by atoms with Crippen LogP contribution in [-0.4, -0.2) is 59.8 Å². The second-order valence-electron chi connectivity index (χ2n) is 18.3. The first-order valence-electron chi connectivity index (χ1n) is 24.4. The molecule has 12 aromatic rings. The van der Waals surface area contributed by atoms with Gasteiger partial charge in [-0.25, -0.2) is 59.8 Å². The fourth-order valence-corrected chi connectivity index (χ4v) is 9.43. The van der Waals surface area contributed by atoms with Crippen LogP contribution >= 0.6 is 0 Å². The molecule has 356 valence electrons. The molecule has 0 aliphatic heterocycles. The molecule has 4 heterocycles. The maximum atomic E-state index is 5.01.